The molecule has 1 saturated heterocycles. The number of carbonyl (C=O) groups is 1. The van der Waals surface area contributed by atoms with Gasteiger partial charge >= 0.3 is 0 Å². The molecular formula is C22H25N5O2. The van der Waals surface area contributed by atoms with E-state index in [0.717, 1.165) is 29.6 Å². The van der Waals surface area contributed by atoms with E-state index in [9.17, 15) is 4.79 Å². The minimum atomic E-state index is -0.0193. The number of amides is 1. The molecule has 3 aromatic heterocycles. The van der Waals surface area contributed by atoms with Crippen molar-refractivity contribution in [2.75, 3.05) is 20.2 Å². The Kier molecular flexibility index (Phi) is 4.45. The van der Waals surface area contributed by atoms with Crippen LogP contribution in [-0.4, -0.2) is 50.8 Å². The molecule has 7 heteroatoms. The number of carbonyl (C=O) groups excluding carboxylic acids is 1. The number of aryl methyl sites for hydroxylation is 1. The first-order valence-electron chi connectivity index (χ1n) is 10.3. The molecule has 2 aliphatic rings. The van der Waals surface area contributed by atoms with Crippen LogP contribution in [0, 0.1) is 0 Å². The molecule has 0 atom stereocenters. The van der Waals surface area contributed by atoms with Gasteiger partial charge in [-0.2, -0.15) is 0 Å². The molecular weight excluding hydrogens is 366 g/mol. The third-order valence-corrected chi connectivity index (χ3v) is 6.05. The second-order valence-corrected chi connectivity index (χ2v) is 8.12. The molecule has 0 spiro atoms. The molecule has 29 heavy (non-hydrogen) atoms. The highest BCUT2D eigenvalue weighted by Crippen LogP contribution is 2.40. The standard InChI is InChI=1S/C22H25N5O2/c1-26-13-18(21(25-26)29-2)22(28)27-9-7-15(8-10-27)19-6-5-16-11-17(14-3-4-14)12-23-20(16)24-19/h5-6,11-15H,3-4,7-10H2,1-2H3. The van der Waals surface area contributed by atoms with E-state index in [0.29, 0.717) is 36.4 Å². The van der Waals surface area contributed by atoms with E-state index in [1.165, 1.54) is 18.4 Å². The molecule has 0 bridgehead atoms. The van der Waals surface area contributed by atoms with Gasteiger partial charge in [0.1, 0.15) is 5.56 Å². The van der Waals surface area contributed by atoms with Crippen molar-refractivity contribution < 1.29 is 9.53 Å². The van der Waals surface area contributed by atoms with Gasteiger partial charge in [-0.15, -0.1) is 5.10 Å². The minimum absolute atomic E-state index is 0.0193. The molecule has 3 aromatic rings. The summed E-state index contributed by atoms with van der Waals surface area (Å²) in [4.78, 5) is 24.2. The number of likely N-dealkylation sites (tertiary alicyclic amines) is 1. The quantitative estimate of drug-likeness (QED) is 0.682. The number of piperidine rings is 1. The molecule has 4 heterocycles. The van der Waals surface area contributed by atoms with Gasteiger partial charge in [-0.25, -0.2) is 9.97 Å². The summed E-state index contributed by atoms with van der Waals surface area (Å²) in [6, 6.07) is 6.51. The van der Waals surface area contributed by atoms with Gasteiger partial charge in [-0.3, -0.25) is 9.48 Å². The van der Waals surface area contributed by atoms with Crippen LogP contribution in [0.2, 0.25) is 0 Å². The van der Waals surface area contributed by atoms with Crippen molar-refractivity contribution in [2.24, 2.45) is 7.05 Å². The van der Waals surface area contributed by atoms with Crippen LogP contribution in [0.1, 0.15) is 59.1 Å². The van der Waals surface area contributed by atoms with Gasteiger partial charge < -0.3 is 9.64 Å². The lowest BCUT2D eigenvalue weighted by Gasteiger charge is -2.31. The Bertz CT molecular complexity index is 1060. The average molecular weight is 391 g/mol. The maximum atomic E-state index is 12.9. The SMILES string of the molecule is COc1nn(C)cc1C(=O)N1CCC(c2ccc3cc(C4CC4)cnc3n2)CC1. The largest absolute Gasteiger partial charge is 0.479 e. The summed E-state index contributed by atoms with van der Waals surface area (Å²) in [5.41, 5.74) is 3.76. The van der Waals surface area contributed by atoms with Crippen molar-refractivity contribution in [2.45, 2.75) is 37.5 Å². The molecule has 5 rings (SSSR count). The lowest BCUT2D eigenvalue weighted by atomic mass is 9.92. The summed E-state index contributed by atoms with van der Waals surface area (Å²) in [6.07, 6.45) is 8.06. The van der Waals surface area contributed by atoms with Crippen LogP contribution in [0.4, 0.5) is 0 Å². The fourth-order valence-corrected chi connectivity index (χ4v) is 4.22. The minimum Gasteiger partial charge on any atom is -0.479 e. The van der Waals surface area contributed by atoms with E-state index in [4.69, 9.17) is 9.72 Å². The van der Waals surface area contributed by atoms with Gasteiger partial charge in [-0.1, -0.05) is 0 Å². The topological polar surface area (TPSA) is 73.1 Å². The molecule has 1 aliphatic carbocycles. The van der Waals surface area contributed by atoms with Gasteiger partial charge in [-0.05, 0) is 55.4 Å². The zero-order valence-corrected chi connectivity index (χ0v) is 16.8. The van der Waals surface area contributed by atoms with Gasteiger partial charge in [0.15, 0.2) is 5.65 Å². The maximum absolute atomic E-state index is 12.9. The number of pyridine rings is 2. The van der Waals surface area contributed by atoms with Crippen molar-refractivity contribution in [1.29, 1.82) is 0 Å². The molecule has 1 saturated carbocycles. The summed E-state index contributed by atoms with van der Waals surface area (Å²) in [5.74, 6) is 1.41. The Labute approximate surface area is 169 Å². The first-order chi connectivity index (χ1) is 14.1. The Hall–Kier alpha value is -2.96. The number of aromatic nitrogens is 4. The number of fused-ring (bicyclic) bond motifs is 1. The van der Waals surface area contributed by atoms with Crippen molar-refractivity contribution in [3.05, 3.63) is 47.4 Å². The average Bonchev–Trinajstić information content (AvgIpc) is 3.54. The van der Waals surface area contributed by atoms with Crippen LogP contribution in [0.25, 0.3) is 11.0 Å². The Morgan fingerprint density at radius 1 is 1.14 bits per heavy atom. The first-order valence-corrected chi connectivity index (χ1v) is 10.3. The number of hydrogen-bond donors (Lipinski definition) is 0. The van der Waals surface area contributed by atoms with E-state index in [-0.39, 0.29) is 5.91 Å². The highest BCUT2D eigenvalue weighted by molar-refractivity contribution is 5.96. The Balaban J connectivity index is 1.28. The van der Waals surface area contributed by atoms with E-state index < -0.39 is 0 Å². The summed E-state index contributed by atoms with van der Waals surface area (Å²) < 4.78 is 6.85. The number of methoxy groups -OCH3 is 1. The van der Waals surface area contributed by atoms with Crippen molar-refractivity contribution >= 4 is 16.9 Å². The van der Waals surface area contributed by atoms with Crippen LogP contribution >= 0.6 is 0 Å². The van der Waals surface area contributed by atoms with Crippen LogP contribution in [-0.2, 0) is 7.05 Å². The molecule has 150 valence electrons. The molecule has 0 unspecified atom stereocenters. The lowest BCUT2D eigenvalue weighted by molar-refractivity contribution is 0.0708. The van der Waals surface area contributed by atoms with E-state index in [2.05, 4.69) is 28.3 Å². The molecule has 2 fully saturated rings. The van der Waals surface area contributed by atoms with Crippen LogP contribution in [0.15, 0.2) is 30.6 Å². The van der Waals surface area contributed by atoms with Gasteiger partial charge in [0.2, 0.25) is 5.88 Å². The summed E-state index contributed by atoms with van der Waals surface area (Å²) in [7, 11) is 3.33. The van der Waals surface area contributed by atoms with Crippen molar-refractivity contribution in [3.63, 3.8) is 0 Å². The van der Waals surface area contributed by atoms with Crippen molar-refractivity contribution in [1.82, 2.24) is 24.6 Å². The highest BCUT2D eigenvalue weighted by Gasteiger charge is 2.28. The van der Waals surface area contributed by atoms with Crippen LogP contribution in [0.5, 0.6) is 5.88 Å². The number of ether oxygens (including phenoxy) is 1. The summed E-state index contributed by atoms with van der Waals surface area (Å²) in [5, 5.41) is 5.31. The third-order valence-electron chi connectivity index (χ3n) is 6.05. The van der Waals surface area contributed by atoms with Crippen LogP contribution < -0.4 is 4.74 Å². The second kappa shape index (κ2) is 7.13. The fourth-order valence-electron chi connectivity index (χ4n) is 4.22. The number of rotatable bonds is 4. The zero-order valence-electron chi connectivity index (χ0n) is 16.8. The molecule has 0 aromatic carbocycles. The maximum Gasteiger partial charge on any atom is 0.260 e. The van der Waals surface area contributed by atoms with Gasteiger partial charge in [0.25, 0.3) is 5.91 Å². The van der Waals surface area contributed by atoms with E-state index in [1.807, 2.05) is 11.1 Å². The summed E-state index contributed by atoms with van der Waals surface area (Å²) in [6.45, 7) is 1.41. The van der Waals surface area contributed by atoms with Gasteiger partial charge in [0.05, 0.1) is 7.11 Å². The first kappa shape index (κ1) is 18.1. The molecule has 0 radical (unpaired) electrons. The highest BCUT2D eigenvalue weighted by atomic mass is 16.5. The second-order valence-electron chi connectivity index (χ2n) is 8.12. The molecule has 7 nitrogen and oxygen atoms in total. The Morgan fingerprint density at radius 3 is 2.66 bits per heavy atom. The zero-order chi connectivity index (χ0) is 20.0. The smallest absolute Gasteiger partial charge is 0.260 e. The number of nitrogens with zero attached hydrogens (tertiary/aromatic N) is 5. The predicted octanol–water partition coefficient (Wildman–Crippen LogP) is 3.27. The van der Waals surface area contributed by atoms with Gasteiger partial charge in [0, 0.05) is 49.5 Å². The van der Waals surface area contributed by atoms with E-state index in [1.54, 1.807) is 25.0 Å². The molecule has 0 N–H and O–H groups in total. The van der Waals surface area contributed by atoms with Crippen LogP contribution in [0.3, 0.4) is 0 Å². The molecule has 1 amide bonds. The normalized spacial score (nSPS) is 17.7. The lowest BCUT2D eigenvalue weighted by Crippen LogP contribution is -2.38. The monoisotopic (exact) mass is 391 g/mol. The van der Waals surface area contributed by atoms with E-state index >= 15 is 0 Å². The summed E-state index contributed by atoms with van der Waals surface area (Å²) >= 11 is 0. The number of hydrogen-bond acceptors (Lipinski definition) is 5. The fraction of sp³-hybridized carbons (Fsp3) is 0.455. The third kappa shape index (κ3) is 3.45. The molecule has 1 aliphatic heterocycles. The van der Waals surface area contributed by atoms with Crippen molar-refractivity contribution in [3.8, 4) is 5.88 Å². The predicted molar refractivity (Wildman–Crippen MR) is 109 cm³/mol. The Morgan fingerprint density at radius 2 is 1.93 bits per heavy atom.